The first kappa shape index (κ1) is 19.2. The minimum Gasteiger partial charge on any atom is -0.504 e. The Labute approximate surface area is 161 Å². The van der Waals surface area contributed by atoms with Gasteiger partial charge in [-0.25, -0.2) is 9.69 Å². The molecule has 0 aliphatic carbocycles. The van der Waals surface area contributed by atoms with Crippen molar-refractivity contribution in [2.75, 3.05) is 4.90 Å². The average molecular weight is 380 g/mol. The highest BCUT2D eigenvalue weighted by molar-refractivity contribution is 6.39. The second-order valence-electron chi connectivity index (χ2n) is 6.61. The number of urea groups is 1. The van der Waals surface area contributed by atoms with Crippen LogP contribution in [0.15, 0.2) is 48.0 Å². The van der Waals surface area contributed by atoms with E-state index >= 15 is 0 Å². The summed E-state index contributed by atoms with van der Waals surface area (Å²) in [7, 11) is 0. The van der Waals surface area contributed by atoms with Crippen molar-refractivity contribution in [3.63, 3.8) is 0 Å². The van der Waals surface area contributed by atoms with Crippen LogP contribution in [0, 0.1) is 0 Å². The van der Waals surface area contributed by atoms with Gasteiger partial charge in [-0.2, -0.15) is 0 Å². The van der Waals surface area contributed by atoms with Crippen molar-refractivity contribution in [3.8, 4) is 11.5 Å². The minimum absolute atomic E-state index is 0.254. The second kappa shape index (κ2) is 7.56. The van der Waals surface area contributed by atoms with Gasteiger partial charge in [-0.05, 0) is 53.8 Å². The number of rotatable bonds is 4. The van der Waals surface area contributed by atoms with Crippen LogP contribution < -0.4 is 10.2 Å². The molecule has 1 aliphatic heterocycles. The number of carbonyl (C=O) groups is 3. The fourth-order valence-corrected chi connectivity index (χ4v) is 2.88. The molecular weight excluding hydrogens is 360 g/mol. The highest BCUT2D eigenvalue weighted by Crippen LogP contribution is 2.28. The molecule has 1 heterocycles. The molecule has 1 fully saturated rings. The quantitative estimate of drug-likeness (QED) is 0.429. The lowest BCUT2D eigenvalue weighted by atomic mass is 9.98. The largest absolute Gasteiger partial charge is 0.504 e. The van der Waals surface area contributed by atoms with Crippen LogP contribution in [-0.2, 0) is 9.59 Å². The molecular formula is C21H20N2O5. The van der Waals surface area contributed by atoms with Crippen LogP contribution in [0.25, 0.3) is 6.08 Å². The normalized spacial score (nSPS) is 17.0. The third-order valence-corrected chi connectivity index (χ3v) is 4.74. The number of carbonyl (C=O) groups excluding carboxylic acids is 3. The van der Waals surface area contributed by atoms with E-state index in [1.165, 1.54) is 24.3 Å². The molecule has 144 valence electrons. The number of hydrogen-bond donors (Lipinski definition) is 3. The van der Waals surface area contributed by atoms with Crippen LogP contribution in [0.4, 0.5) is 10.5 Å². The Kier molecular flexibility index (Phi) is 5.17. The van der Waals surface area contributed by atoms with Crippen molar-refractivity contribution in [1.29, 1.82) is 0 Å². The van der Waals surface area contributed by atoms with E-state index in [4.69, 9.17) is 0 Å². The number of aromatic hydroxyl groups is 2. The van der Waals surface area contributed by atoms with Crippen LogP contribution in [0.5, 0.6) is 11.5 Å². The molecule has 0 radical (unpaired) electrons. The molecule has 28 heavy (non-hydrogen) atoms. The van der Waals surface area contributed by atoms with Crippen LogP contribution in [0.3, 0.4) is 0 Å². The van der Waals surface area contributed by atoms with E-state index in [1.807, 2.05) is 12.1 Å². The number of anilines is 1. The van der Waals surface area contributed by atoms with E-state index in [1.54, 1.807) is 12.1 Å². The van der Waals surface area contributed by atoms with Gasteiger partial charge in [0.05, 0.1) is 5.69 Å². The first-order valence-corrected chi connectivity index (χ1v) is 8.85. The maximum Gasteiger partial charge on any atom is 0.335 e. The zero-order valence-electron chi connectivity index (χ0n) is 15.5. The van der Waals surface area contributed by atoms with Gasteiger partial charge in [0.25, 0.3) is 11.8 Å². The maximum atomic E-state index is 12.8. The predicted octanol–water partition coefficient (Wildman–Crippen LogP) is 3.28. The number of hydrogen-bond acceptors (Lipinski definition) is 5. The lowest BCUT2D eigenvalue weighted by molar-refractivity contribution is -0.122. The Balaban J connectivity index is 1.95. The predicted molar refractivity (Wildman–Crippen MR) is 104 cm³/mol. The van der Waals surface area contributed by atoms with Gasteiger partial charge in [0.2, 0.25) is 0 Å². The van der Waals surface area contributed by atoms with Crippen LogP contribution in [-0.4, -0.2) is 28.1 Å². The Morgan fingerprint density at radius 2 is 1.71 bits per heavy atom. The summed E-state index contributed by atoms with van der Waals surface area (Å²) in [5.74, 6) is -1.95. The lowest BCUT2D eigenvalue weighted by Gasteiger charge is -2.26. The third kappa shape index (κ3) is 3.59. The first-order chi connectivity index (χ1) is 13.3. The van der Waals surface area contributed by atoms with Crippen molar-refractivity contribution in [1.82, 2.24) is 5.32 Å². The fraction of sp³-hybridized carbons (Fsp3) is 0.190. The van der Waals surface area contributed by atoms with Gasteiger partial charge in [-0.3, -0.25) is 14.9 Å². The smallest absolute Gasteiger partial charge is 0.335 e. The molecule has 0 spiro atoms. The molecule has 4 amide bonds. The van der Waals surface area contributed by atoms with E-state index in [-0.39, 0.29) is 17.1 Å². The number of imide groups is 2. The standard InChI is InChI=1S/C21H20N2O5/c1-3-12(2)14-5-7-15(8-6-14)23-20(27)16(19(26)22-21(23)28)10-13-4-9-17(24)18(25)11-13/h4-12,24-25H,3H2,1-2H3,(H,22,26,28)/b16-10-/t12-/m1/s1. The summed E-state index contributed by atoms with van der Waals surface area (Å²) in [4.78, 5) is 38.2. The Bertz CT molecular complexity index is 979. The molecule has 0 unspecified atom stereocenters. The van der Waals surface area contributed by atoms with E-state index in [0.717, 1.165) is 16.9 Å². The number of barbiturate groups is 1. The Morgan fingerprint density at radius 1 is 1.04 bits per heavy atom. The van der Waals surface area contributed by atoms with Gasteiger partial charge in [0, 0.05) is 0 Å². The number of nitrogens with one attached hydrogen (secondary N) is 1. The molecule has 3 N–H and O–H groups in total. The van der Waals surface area contributed by atoms with E-state index in [2.05, 4.69) is 19.2 Å². The van der Waals surface area contributed by atoms with Gasteiger partial charge in [0.1, 0.15) is 5.57 Å². The number of phenolic OH excluding ortho intramolecular Hbond substituents is 2. The van der Waals surface area contributed by atoms with Crippen molar-refractivity contribution < 1.29 is 24.6 Å². The highest BCUT2D eigenvalue weighted by atomic mass is 16.3. The van der Waals surface area contributed by atoms with Crippen LogP contribution in [0.1, 0.15) is 37.3 Å². The first-order valence-electron chi connectivity index (χ1n) is 8.85. The number of nitrogens with zero attached hydrogens (tertiary/aromatic N) is 1. The summed E-state index contributed by atoms with van der Waals surface area (Å²) in [6, 6.07) is 10.1. The molecule has 0 aromatic heterocycles. The summed E-state index contributed by atoms with van der Waals surface area (Å²) in [5, 5.41) is 21.1. The maximum absolute atomic E-state index is 12.8. The molecule has 2 aromatic rings. The van der Waals surface area contributed by atoms with Gasteiger partial charge in [0.15, 0.2) is 11.5 Å². The van der Waals surface area contributed by atoms with Crippen molar-refractivity contribution in [2.24, 2.45) is 0 Å². The minimum atomic E-state index is -0.824. The molecule has 1 atom stereocenters. The molecule has 0 saturated carbocycles. The number of phenols is 2. The summed E-state index contributed by atoms with van der Waals surface area (Å²) in [6.07, 6.45) is 2.22. The van der Waals surface area contributed by atoms with E-state index in [9.17, 15) is 24.6 Å². The SMILES string of the molecule is CC[C@@H](C)c1ccc(N2C(=O)NC(=O)/C(=C/c3ccc(O)c(O)c3)C2=O)cc1. The Morgan fingerprint density at radius 3 is 2.32 bits per heavy atom. The number of benzene rings is 2. The topological polar surface area (TPSA) is 107 Å². The molecule has 7 nitrogen and oxygen atoms in total. The third-order valence-electron chi connectivity index (χ3n) is 4.74. The zero-order chi connectivity index (χ0) is 20.4. The van der Waals surface area contributed by atoms with Crippen LogP contribution in [0.2, 0.25) is 0 Å². The lowest BCUT2D eigenvalue weighted by Crippen LogP contribution is -2.54. The zero-order valence-corrected chi connectivity index (χ0v) is 15.5. The summed E-state index contributed by atoms with van der Waals surface area (Å²) < 4.78 is 0. The van der Waals surface area contributed by atoms with E-state index < -0.39 is 17.8 Å². The van der Waals surface area contributed by atoms with E-state index in [0.29, 0.717) is 17.2 Å². The summed E-state index contributed by atoms with van der Waals surface area (Å²) >= 11 is 0. The van der Waals surface area contributed by atoms with Crippen molar-refractivity contribution in [2.45, 2.75) is 26.2 Å². The Hall–Kier alpha value is -3.61. The fourth-order valence-electron chi connectivity index (χ4n) is 2.88. The molecule has 1 aliphatic rings. The summed E-state index contributed by atoms with van der Waals surface area (Å²) in [5.41, 5.74) is 1.51. The average Bonchev–Trinajstić information content (AvgIpc) is 2.67. The highest BCUT2D eigenvalue weighted by Gasteiger charge is 2.36. The van der Waals surface area contributed by atoms with Gasteiger partial charge in [-0.1, -0.05) is 32.0 Å². The molecule has 2 aromatic carbocycles. The van der Waals surface area contributed by atoms with Crippen molar-refractivity contribution >= 4 is 29.6 Å². The van der Waals surface area contributed by atoms with Gasteiger partial charge < -0.3 is 10.2 Å². The molecule has 1 saturated heterocycles. The summed E-state index contributed by atoms with van der Waals surface area (Å²) in [6.45, 7) is 4.16. The molecule has 0 bridgehead atoms. The molecule has 3 rings (SSSR count). The monoisotopic (exact) mass is 380 g/mol. The number of amides is 4. The van der Waals surface area contributed by atoms with Crippen LogP contribution >= 0.6 is 0 Å². The second-order valence-corrected chi connectivity index (χ2v) is 6.61. The van der Waals surface area contributed by atoms with Gasteiger partial charge >= 0.3 is 6.03 Å². The van der Waals surface area contributed by atoms with Crippen molar-refractivity contribution in [3.05, 3.63) is 59.2 Å². The molecule has 7 heteroatoms. The van der Waals surface area contributed by atoms with Gasteiger partial charge in [-0.15, -0.1) is 0 Å².